The maximum atomic E-state index is 12.1. The Hall–Kier alpha value is -2.63. The third-order valence-electron chi connectivity index (χ3n) is 4.84. The molecule has 0 radical (unpaired) electrons. The molecule has 6 heteroatoms. The van der Waals surface area contributed by atoms with Crippen LogP contribution < -0.4 is 16.3 Å². The first-order valence-electron chi connectivity index (χ1n) is 8.71. The van der Waals surface area contributed by atoms with E-state index >= 15 is 0 Å². The molecule has 25 heavy (non-hydrogen) atoms. The standard InChI is InChI=1S/C19H22N2O4/c1-2-12-3-6-14(7-4-12)20-18(23)19(24)21-15-8-9-16-13(11-15)5-10-17(22)25-16/h5,8-12,14H,2-4,6-7H2,1H3,(H,20,23)(H,21,24). The quantitative estimate of drug-likeness (QED) is 0.663. The van der Waals surface area contributed by atoms with Gasteiger partial charge in [-0.05, 0) is 55.9 Å². The Morgan fingerprint density at radius 2 is 1.84 bits per heavy atom. The molecule has 0 spiro atoms. The molecule has 0 saturated heterocycles. The van der Waals surface area contributed by atoms with Crippen LogP contribution in [0.4, 0.5) is 5.69 Å². The van der Waals surface area contributed by atoms with Gasteiger partial charge in [0.1, 0.15) is 5.58 Å². The van der Waals surface area contributed by atoms with E-state index in [9.17, 15) is 14.4 Å². The van der Waals surface area contributed by atoms with Gasteiger partial charge >= 0.3 is 17.4 Å². The first kappa shape index (κ1) is 17.2. The average molecular weight is 342 g/mol. The summed E-state index contributed by atoms with van der Waals surface area (Å²) in [5.74, 6) is -0.561. The van der Waals surface area contributed by atoms with Gasteiger partial charge in [-0.3, -0.25) is 9.59 Å². The Morgan fingerprint density at radius 3 is 2.56 bits per heavy atom. The van der Waals surface area contributed by atoms with Crippen LogP contribution in [0.1, 0.15) is 39.0 Å². The lowest BCUT2D eigenvalue weighted by Gasteiger charge is -2.28. The first-order valence-corrected chi connectivity index (χ1v) is 8.71. The number of anilines is 1. The number of nitrogens with one attached hydrogen (secondary N) is 2. The molecule has 1 saturated carbocycles. The van der Waals surface area contributed by atoms with Gasteiger partial charge in [-0.25, -0.2) is 4.79 Å². The molecule has 2 aromatic rings. The van der Waals surface area contributed by atoms with Crippen molar-refractivity contribution in [1.82, 2.24) is 5.32 Å². The fraction of sp³-hybridized carbons (Fsp3) is 0.421. The summed E-state index contributed by atoms with van der Waals surface area (Å²) in [5.41, 5.74) is 0.486. The highest BCUT2D eigenvalue weighted by Gasteiger charge is 2.23. The molecule has 0 bridgehead atoms. The summed E-state index contributed by atoms with van der Waals surface area (Å²) >= 11 is 0. The molecular weight excluding hydrogens is 320 g/mol. The van der Waals surface area contributed by atoms with E-state index in [-0.39, 0.29) is 6.04 Å². The van der Waals surface area contributed by atoms with Crippen molar-refractivity contribution in [3.63, 3.8) is 0 Å². The summed E-state index contributed by atoms with van der Waals surface area (Å²) in [6, 6.07) is 7.86. The molecule has 6 nitrogen and oxygen atoms in total. The molecule has 3 rings (SSSR count). The Labute approximate surface area is 145 Å². The second kappa shape index (κ2) is 7.51. The van der Waals surface area contributed by atoms with Gasteiger partial charge in [0.05, 0.1) is 0 Å². The summed E-state index contributed by atoms with van der Waals surface area (Å²) in [5, 5.41) is 6.08. The molecule has 1 aromatic heterocycles. The highest BCUT2D eigenvalue weighted by atomic mass is 16.4. The van der Waals surface area contributed by atoms with Crippen molar-refractivity contribution < 1.29 is 14.0 Å². The fourth-order valence-electron chi connectivity index (χ4n) is 3.30. The van der Waals surface area contributed by atoms with Gasteiger partial charge in [-0.2, -0.15) is 0 Å². The number of hydrogen-bond donors (Lipinski definition) is 2. The molecule has 0 atom stereocenters. The van der Waals surface area contributed by atoms with Crippen LogP contribution in [0.15, 0.2) is 39.5 Å². The van der Waals surface area contributed by atoms with Crippen molar-refractivity contribution >= 4 is 28.5 Å². The summed E-state index contributed by atoms with van der Waals surface area (Å²) in [4.78, 5) is 35.4. The van der Waals surface area contributed by atoms with Crippen LogP contribution in [0.3, 0.4) is 0 Å². The van der Waals surface area contributed by atoms with Gasteiger partial charge in [-0.15, -0.1) is 0 Å². The van der Waals surface area contributed by atoms with Crippen LogP contribution in [0, 0.1) is 5.92 Å². The number of amides is 2. The van der Waals surface area contributed by atoms with E-state index in [0.29, 0.717) is 16.7 Å². The number of carbonyl (C=O) groups excluding carboxylic acids is 2. The first-order chi connectivity index (χ1) is 12.0. The lowest BCUT2D eigenvalue weighted by molar-refractivity contribution is -0.136. The normalized spacial score (nSPS) is 20.2. The Bertz CT molecular complexity index is 835. The molecule has 2 amide bonds. The van der Waals surface area contributed by atoms with E-state index in [2.05, 4.69) is 17.6 Å². The molecule has 2 N–H and O–H groups in total. The molecule has 0 aliphatic heterocycles. The molecular formula is C19H22N2O4. The van der Waals surface area contributed by atoms with Crippen LogP contribution in [0.2, 0.25) is 0 Å². The van der Waals surface area contributed by atoms with Crippen molar-refractivity contribution in [2.24, 2.45) is 5.92 Å². The van der Waals surface area contributed by atoms with Crippen LogP contribution in [-0.2, 0) is 9.59 Å². The maximum Gasteiger partial charge on any atom is 0.336 e. The van der Waals surface area contributed by atoms with E-state index in [1.54, 1.807) is 24.3 Å². The van der Waals surface area contributed by atoms with E-state index in [1.165, 1.54) is 12.5 Å². The topological polar surface area (TPSA) is 88.4 Å². The largest absolute Gasteiger partial charge is 0.423 e. The Kier molecular flexibility index (Phi) is 5.16. The third-order valence-corrected chi connectivity index (χ3v) is 4.84. The number of carbonyl (C=O) groups is 2. The third kappa shape index (κ3) is 4.26. The van der Waals surface area contributed by atoms with Gasteiger partial charge in [0.25, 0.3) is 0 Å². The van der Waals surface area contributed by atoms with Gasteiger partial charge in [0.2, 0.25) is 0 Å². The zero-order valence-electron chi connectivity index (χ0n) is 14.2. The van der Waals surface area contributed by atoms with Crippen molar-refractivity contribution in [3.8, 4) is 0 Å². The van der Waals surface area contributed by atoms with Crippen LogP contribution in [0.25, 0.3) is 11.0 Å². The smallest absolute Gasteiger partial charge is 0.336 e. The molecule has 1 aromatic carbocycles. The Morgan fingerprint density at radius 1 is 1.08 bits per heavy atom. The average Bonchev–Trinajstić information content (AvgIpc) is 2.62. The van der Waals surface area contributed by atoms with Crippen LogP contribution >= 0.6 is 0 Å². The van der Waals surface area contributed by atoms with Crippen LogP contribution in [0.5, 0.6) is 0 Å². The molecule has 132 valence electrons. The van der Waals surface area contributed by atoms with Crippen molar-refractivity contribution in [1.29, 1.82) is 0 Å². The summed E-state index contributed by atoms with van der Waals surface area (Å²) < 4.78 is 5.04. The number of benzene rings is 1. The Balaban J connectivity index is 1.59. The summed E-state index contributed by atoms with van der Waals surface area (Å²) in [7, 11) is 0. The number of fused-ring (bicyclic) bond motifs is 1. The van der Waals surface area contributed by atoms with E-state index in [0.717, 1.165) is 31.6 Å². The fourth-order valence-corrected chi connectivity index (χ4v) is 3.30. The van der Waals surface area contributed by atoms with Crippen LogP contribution in [-0.4, -0.2) is 17.9 Å². The number of hydrogen-bond acceptors (Lipinski definition) is 4. The van der Waals surface area contributed by atoms with Gasteiger partial charge in [0.15, 0.2) is 0 Å². The molecule has 1 aliphatic carbocycles. The van der Waals surface area contributed by atoms with E-state index < -0.39 is 17.4 Å². The van der Waals surface area contributed by atoms with E-state index in [1.807, 2.05) is 0 Å². The van der Waals surface area contributed by atoms with Crippen molar-refractivity contribution in [2.45, 2.75) is 45.1 Å². The SMILES string of the molecule is CCC1CCC(NC(=O)C(=O)Nc2ccc3oc(=O)ccc3c2)CC1. The molecule has 1 fully saturated rings. The molecule has 1 heterocycles. The van der Waals surface area contributed by atoms with Crippen molar-refractivity contribution in [3.05, 3.63) is 40.8 Å². The second-order valence-electron chi connectivity index (χ2n) is 6.56. The summed E-state index contributed by atoms with van der Waals surface area (Å²) in [6.45, 7) is 2.19. The zero-order valence-corrected chi connectivity index (χ0v) is 14.2. The minimum Gasteiger partial charge on any atom is -0.423 e. The minimum atomic E-state index is -0.686. The minimum absolute atomic E-state index is 0.0759. The molecule has 1 aliphatic rings. The monoisotopic (exact) mass is 342 g/mol. The van der Waals surface area contributed by atoms with E-state index in [4.69, 9.17) is 4.42 Å². The van der Waals surface area contributed by atoms with Gasteiger partial charge in [0, 0.05) is 23.2 Å². The zero-order chi connectivity index (χ0) is 17.8. The summed E-state index contributed by atoms with van der Waals surface area (Å²) in [6.07, 6.45) is 5.21. The predicted molar refractivity (Wildman–Crippen MR) is 95.3 cm³/mol. The van der Waals surface area contributed by atoms with Gasteiger partial charge < -0.3 is 15.1 Å². The predicted octanol–water partition coefficient (Wildman–Crippen LogP) is 2.82. The maximum absolute atomic E-state index is 12.1. The second-order valence-corrected chi connectivity index (χ2v) is 6.56. The molecule has 0 unspecified atom stereocenters. The lowest BCUT2D eigenvalue weighted by Crippen LogP contribution is -2.43. The van der Waals surface area contributed by atoms with Gasteiger partial charge in [-0.1, -0.05) is 13.3 Å². The lowest BCUT2D eigenvalue weighted by atomic mass is 9.84. The highest BCUT2D eigenvalue weighted by Crippen LogP contribution is 2.26. The highest BCUT2D eigenvalue weighted by molar-refractivity contribution is 6.39. The number of rotatable bonds is 3. The van der Waals surface area contributed by atoms with Crippen molar-refractivity contribution in [2.75, 3.05) is 5.32 Å².